The first-order valence-corrected chi connectivity index (χ1v) is 5.24. The molecule has 3 N–H and O–H groups in total. The van der Waals surface area contributed by atoms with Crippen LogP contribution in [0.2, 0.25) is 0 Å². The minimum Gasteiger partial charge on any atom is -0.506 e. The molecule has 0 radical (unpaired) electrons. The van der Waals surface area contributed by atoms with Gasteiger partial charge in [-0.2, -0.15) is 0 Å². The number of aliphatic hydroxyl groups excluding tert-OH is 1. The molecular formula is C11H16N2O2. The van der Waals surface area contributed by atoms with Crippen molar-refractivity contribution in [1.82, 2.24) is 10.3 Å². The lowest BCUT2D eigenvalue weighted by Crippen LogP contribution is -2.53. The second kappa shape index (κ2) is 4.16. The lowest BCUT2D eigenvalue weighted by Gasteiger charge is -2.41. The molecule has 0 unspecified atom stereocenters. The van der Waals surface area contributed by atoms with Crippen molar-refractivity contribution in [1.29, 1.82) is 0 Å². The van der Waals surface area contributed by atoms with Crippen LogP contribution in [0.5, 0.6) is 5.75 Å². The van der Waals surface area contributed by atoms with Gasteiger partial charge in [0.25, 0.3) is 0 Å². The van der Waals surface area contributed by atoms with Crippen LogP contribution >= 0.6 is 0 Å². The van der Waals surface area contributed by atoms with E-state index in [0.29, 0.717) is 6.54 Å². The van der Waals surface area contributed by atoms with Gasteiger partial charge in [-0.25, -0.2) is 0 Å². The number of hydrogen-bond acceptors (Lipinski definition) is 4. The largest absolute Gasteiger partial charge is 0.506 e. The van der Waals surface area contributed by atoms with Gasteiger partial charge in [0, 0.05) is 12.1 Å². The maximum atomic E-state index is 9.24. The molecule has 0 saturated heterocycles. The monoisotopic (exact) mass is 208 g/mol. The van der Waals surface area contributed by atoms with E-state index < -0.39 is 0 Å². The van der Waals surface area contributed by atoms with Crippen LogP contribution in [0.3, 0.4) is 0 Å². The number of aromatic nitrogens is 1. The molecule has 82 valence electrons. The van der Waals surface area contributed by atoms with Crippen molar-refractivity contribution in [3.8, 4) is 5.75 Å². The third-order valence-electron chi connectivity index (χ3n) is 3.07. The molecular weight excluding hydrogens is 192 g/mol. The molecule has 1 heterocycles. The van der Waals surface area contributed by atoms with E-state index >= 15 is 0 Å². The molecule has 0 bridgehead atoms. The predicted molar refractivity (Wildman–Crippen MR) is 56.4 cm³/mol. The fourth-order valence-electron chi connectivity index (χ4n) is 1.79. The third-order valence-corrected chi connectivity index (χ3v) is 3.07. The molecule has 1 aromatic heterocycles. The van der Waals surface area contributed by atoms with Crippen molar-refractivity contribution in [2.24, 2.45) is 0 Å². The summed E-state index contributed by atoms with van der Waals surface area (Å²) in [7, 11) is 0. The first kappa shape index (κ1) is 10.4. The number of hydrogen-bond donors (Lipinski definition) is 3. The minimum atomic E-state index is -0.0838. The summed E-state index contributed by atoms with van der Waals surface area (Å²) >= 11 is 0. The Morgan fingerprint density at radius 1 is 1.40 bits per heavy atom. The lowest BCUT2D eigenvalue weighted by molar-refractivity contribution is 0.0868. The Labute approximate surface area is 89.0 Å². The van der Waals surface area contributed by atoms with Crippen LogP contribution in [0.1, 0.15) is 25.0 Å². The Bertz CT molecular complexity index is 314. The normalized spacial score (nSPS) is 18.5. The van der Waals surface area contributed by atoms with Gasteiger partial charge in [0.1, 0.15) is 5.75 Å². The Morgan fingerprint density at radius 2 is 2.20 bits per heavy atom. The highest BCUT2D eigenvalue weighted by Crippen LogP contribution is 2.31. The molecule has 0 aromatic carbocycles. The maximum absolute atomic E-state index is 9.24. The molecule has 15 heavy (non-hydrogen) atoms. The van der Waals surface area contributed by atoms with Gasteiger partial charge < -0.3 is 15.5 Å². The summed E-state index contributed by atoms with van der Waals surface area (Å²) in [5.74, 6) is 0.180. The standard InChI is InChI=1S/C11H16N2O2/c14-8-11(4-1-5-11)13-6-9-2-3-10(15)7-12-9/h2-3,7,13-15H,1,4-6,8H2. The van der Waals surface area contributed by atoms with Crippen LogP contribution in [0.25, 0.3) is 0 Å². The molecule has 1 fully saturated rings. The Morgan fingerprint density at radius 3 is 2.67 bits per heavy atom. The van der Waals surface area contributed by atoms with Crippen molar-refractivity contribution in [2.45, 2.75) is 31.3 Å². The van der Waals surface area contributed by atoms with Gasteiger partial charge in [-0.1, -0.05) is 0 Å². The van der Waals surface area contributed by atoms with Crippen LogP contribution in [-0.2, 0) is 6.54 Å². The molecule has 1 aromatic rings. The quantitative estimate of drug-likeness (QED) is 0.684. The number of aliphatic hydroxyl groups is 1. The maximum Gasteiger partial charge on any atom is 0.133 e. The van der Waals surface area contributed by atoms with E-state index in [1.165, 1.54) is 12.6 Å². The minimum absolute atomic E-state index is 0.0838. The number of nitrogens with zero attached hydrogens (tertiary/aromatic N) is 1. The molecule has 1 saturated carbocycles. The lowest BCUT2D eigenvalue weighted by atomic mass is 9.77. The summed E-state index contributed by atoms with van der Waals surface area (Å²) in [5, 5.41) is 21.6. The van der Waals surface area contributed by atoms with Crippen LogP contribution in [0.15, 0.2) is 18.3 Å². The summed E-state index contributed by atoms with van der Waals surface area (Å²) in [6.07, 6.45) is 4.67. The van der Waals surface area contributed by atoms with Crippen molar-refractivity contribution in [3.63, 3.8) is 0 Å². The van der Waals surface area contributed by atoms with Gasteiger partial charge in [-0.3, -0.25) is 4.98 Å². The van der Waals surface area contributed by atoms with Gasteiger partial charge in [0.15, 0.2) is 0 Å². The highest BCUT2D eigenvalue weighted by molar-refractivity contribution is 5.18. The number of rotatable bonds is 4. The van der Waals surface area contributed by atoms with Crippen LogP contribution in [0, 0.1) is 0 Å². The zero-order chi connectivity index (χ0) is 10.7. The molecule has 2 rings (SSSR count). The third kappa shape index (κ3) is 2.27. The zero-order valence-electron chi connectivity index (χ0n) is 8.61. The highest BCUT2D eigenvalue weighted by atomic mass is 16.3. The molecule has 0 atom stereocenters. The van der Waals surface area contributed by atoms with Crippen molar-refractivity contribution in [2.75, 3.05) is 6.61 Å². The average Bonchev–Trinajstić information content (AvgIpc) is 2.20. The second-order valence-corrected chi connectivity index (χ2v) is 4.15. The SMILES string of the molecule is OCC1(NCc2ccc(O)cn2)CCC1. The average molecular weight is 208 g/mol. The highest BCUT2D eigenvalue weighted by Gasteiger charge is 2.35. The van der Waals surface area contributed by atoms with E-state index in [4.69, 9.17) is 5.11 Å². The topological polar surface area (TPSA) is 65.4 Å². The summed E-state index contributed by atoms with van der Waals surface area (Å²) < 4.78 is 0. The van der Waals surface area contributed by atoms with E-state index in [2.05, 4.69) is 10.3 Å². The number of nitrogens with one attached hydrogen (secondary N) is 1. The van der Waals surface area contributed by atoms with Gasteiger partial charge in [0.05, 0.1) is 18.5 Å². The molecule has 1 aliphatic carbocycles. The Kier molecular flexibility index (Phi) is 2.88. The van der Waals surface area contributed by atoms with Crippen molar-refractivity contribution in [3.05, 3.63) is 24.0 Å². The van der Waals surface area contributed by atoms with Gasteiger partial charge in [0.2, 0.25) is 0 Å². The van der Waals surface area contributed by atoms with Gasteiger partial charge >= 0.3 is 0 Å². The summed E-state index contributed by atoms with van der Waals surface area (Å²) in [5.41, 5.74) is 0.798. The molecule has 4 nitrogen and oxygen atoms in total. The van der Waals surface area contributed by atoms with E-state index in [1.54, 1.807) is 12.1 Å². The van der Waals surface area contributed by atoms with Gasteiger partial charge in [-0.05, 0) is 31.4 Å². The van der Waals surface area contributed by atoms with Crippen LogP contribution in [0.4, 0.5) is 0 Å². The second-order valence-electron chi connectivity index (χ2n) is 4.15. The Balaban J connectivity index is 1.90. The van der Waals surface area contributed by atoms with Crippen LogP contribution < -0.4 is 5.32 Å². The summed E-state index contributed by atoms with van der Waals surface area (Å²) in [4.78, 5) is 4.08. The zero-order valence-corrected chi connectivity index (χ0v) is 8.61. The molecule has 0 amide bonds. The fraction of sp³-hybridized carbons (Fsp3) is 0.545. The van der Waals surface area contributed by atoms with Gasteiger partial charge in [-0.15, -0.1) is 0 Å². The summed E-state index contributed by atoms with van der Waals surface area (Å²) in [6, 6.07) is 3.41. The Hall–Kier alpha value is -1.13. The fourth-order valence-corrected chi connectivity index (χ4v) is 1.79. The first-order chi connectivity index (χ1) is 7.24. The van der Waals surface area contributed by atoms with Crippen LogP contribution in [-0.4, -0.2) is 27.3 Å². The number of aromatic hydroxyl groups is 1. The molecule has 4 heteroatoms. The van der Waals surface area contributed by atoms with Crippen molar-refractivity contribution < 1.29 is 10.2 Å². The predicted octanol–water partition coefficient (Wildman–Crippen LogP) is 0.792. The summed E-state index contributed by atoms with van der Waals surface area (Å²) in [6.45, 7) is 0.825. The number of pyridine rings is 1. The molecule has 0 spiro atoms. The smallest absolute Gasteiger partial charge is 0.133 e. The van der Waals surface area contributed by atoms with E-state index in [9.17, 15) is 5.11 Å². The molecule has 1 aliphatic rings. The van der Waals surface area contributed by atoms with E-state index in [1.807, 2.05) is 0 Å². The van der Waals surface area contributed by atoms with Crippen molar-refractivity contribution >= 4 is 0 Å². The van der Waals surface area contributed by atoms with E-state index in [0.717, 1.165) is 18.5 Å². The first-order valence-electron chi connectivity index (χ1n) is 5.24. The molecule has 0 aliphatic heterocycles. The van der Waals surface area contributed by atoms with E-state index in [-0.39, 0.29) is 17.9 Å².